The van der Waals surface area contributed by atoms with Gasteiger partial charge >= 0.3 is 6.03 Å². The molecule has 8 heteroatoms. The molecule has 0 bridgehead atoms. The summed E-state index contributed by atoms with van der Waals surface area (Å²) in [5.74, 6) is -0.427. The van der Waals surface area contributed by atoms with Crippen molar-refractivity contribution in [3.63, 3.8) is 0 Å². The Bertz CT molecular complexity index is 1060. The predicted octanol–water partition coefficient (Wildman–Crippen LogP) is 3.89. The highest BCUT2D eigenvalue weighted by atomic mass is 35.5. The zero-order valence-corrected chi connectivity index (χ0v) is 20.1. The molecule has 34 heavy (non-hydrogen) atoms. The number of carbonyl (C=O) groups excluding carboxylic acids is 2. The smallest absolute Gasteiger partial charge is 0.328 e. The minimum Gasteiger partial charge on any atom is -0.383 e. The first-order valence-electron chi connectivity index (χ1n) is 11.8. The maximum absolute atomic E-state index is 14.3. The molecule has 3 amide bonds. The highest BCUT2D eigenvalue weighted by Gasteiger charge is 2.59. The van der Waals surface area contributed by atoms with Gasteiger partial charge in [0.25, 0.3) is 5.91 Å². The van der Waals surface area contributed by atoms with E-state index >= 15 is 0 Å². The van der Waals surface area contributed by atoms with Gasteiger partial charge < -0.3 is 9.64 Å². The molecule has 0 atom stereocenters. The van der Waals surface area contributed by atoms with E-state index in [9.17, 15) is 14.0 Å². The van der Waals surface area contributed by atoms with Crippen LogP contribution in [0.5, 0.6) is 0 Å². The highest BCUT2D eigenvalue weighted by molar-refractivity contribution is 6.31. The number of hydrogen-bond donors (Lipinski definition) is 0. The standard InChI is InChI=1S/C26H29ClFN3O3/c1-34-14-13-30-25(33)31(20-15-18-5-2-3-6-19(18)16-20)24(32)26(30)9-11-29(12-10-26)17-21-22(27)7-4-8-23(21)28/h2-8,20H,9-17H2,1H3. The zero-order valence-electron chi connectivity index (χ0n) is 19.3. The van der Waals surface area contributed by atoms with Gasteiger partial charge in [0.1, 0.15) is 11.4 Å². The largest absolute Gasteiger partial charge is 0.383 e. The van der Waals surface area contributed by atoms with Crippen molar-refractivity contribution in [2.24, 2.45) is 0 Å². The van der Waals surface area contributed by atoms with E-state index in [1.54, 1.807) is 24.1 Å². The average molecular weight is 486 g/mol. The first kappa shape index (κ1) is 23.3. The minimum atomic E-state index is -0.875. The number of fused-ring (bicyclic) bond motifs is 1. The molecule has 2 aromatic carbocycles. The number of imide groups is 1. The molecule has 1 spiro atoms. The van der Waals surface area contributed by atoms with Crippen LogP contribution in [0.4, 0.5) is 9.18 Å². The first-order chi connectivity index (χ1) is 16.4. The summed E-state index contributed by atoms with van der Waals surface area (Å²) in [5, 5.41) is 0.404. The summed E-state index contributed by atoms with van der Waals surface area (Å²) in [6.07, 6.45) is 2.40. The number of benzene rings is 2. The van der Waals surface area contributed by atoms with Crippen LogP contribution in [-0.2, 0) is 28.9 Å². The molecule has 1 aliphatic carbocycles. The van der Waals surface area contributed by atoms with Gasteiger partial charge in [0.15, 0.2) is 0 Å². The third-order valence-electron chi connectivity index (χ3n) is 7.61. The van der Waals surface area contributed by atoms with Crippen LogP contribution >= 0.6 is 11.6 Å². The summed E-state index contributed by atoms with van der Waals surface area (Å²) in [6.45, 7) is 2.27. The summed E-state index contributed by atoms with van der Waals surface area (Å²) in [4.78, 5) is 32.8. The van der Waals surface area contributed by atoms with Crippen LogP contribution in [-0.4, -0.2) is 71.6 Å². The Kier molecular flexibility index (Phi) is 6.35. The SMILES string of the molecule is COCCN1C(=O)N(C2Cc3ccccc3C2)C(=O)C12CCN(Cc1c(F)cccc1Cl)CC2. The Morgan fingerprint density at radius 3 is 2.35 bits per heavy atom. The summed E-state index contributed by atoms with van der Waals surface area (Å²) < 4.78 is 19.6. The second kappa shape index (κ2) is 9.29. The number of piperidine rings is 1. The van der Waals surface area contributed by atoms with E-state index in [1.807, 2.05) is 12.1 Å². The maximum Gasteiger partial charge on any atom is 0.328 e. The number of nitrogens with zero attached hydrogens (tertiary/aromatic N) is 3. The summed E-state index contributed by atoms with van der Waals surface area (Å²) >= 11 is 6.23. The van der Waals surface area contributed by atoms with Crippen molar-refractivity contribution in [1.82, 2.24) is 14.7 Å². The second-order valence-electron chi connectivity index (χ2n) is 9.44. The highest BCUT2D eigenvalue weighted by Crippen LogP contribution is 2.40. The fourth-order valence-electron chi connectivity index (χ4n) is 5.74. The fraction of sp³-hybridized carbons (Fsp3) is 0.462. The van der Waals surface area contributed by atoms with Gasteiger partial charge in [-0.2, -0.15) is 0 Å². The number of halogens is 2. The number of rotatable bonds is 6. The summed E-state index contributed by atoms with van der Waals surface area (Å²) in [6, 6.07) is 12.5. The summed E-state index contributed by atoms with van der Waals surface area (Å²) in [7, 11) is 1.60. The number of methoxy groups -OCH3 is 1. The minimum absolute atomic E-state index is 0.102. The molecule has 3 aliphatic rings. The summed E-state index contributed by atoms with van der Waals surface area (Å²) in [5.41, 5.74) is 2.00. The third-order valence-corrected chi connectivity index (χ3v) is 7.96. The Balaban J connectivity index is 1.35. The van der Waals surface area contributed by atoms with Crippen LogP contribution in [0.1, 0.15) is 29.5 Å². The normalized spacial score (nSPS) is 20.6. The molecule has 180 valence electrons. The van der Waals surface area contributed by atoms with E-state index in [0.717, 1.165) is 0 Å². The van der Waals surface area contributed by atoms with Crippen LogP contribution in [0.25, 0.3) is 0 Å². The van der Waals surface area contributed by atoms with Crippen LogP contribution in [0.3, 0.4) is 0 Å². The van der Waals surface area contributed by atoms with Crippen molar-refractivity contribution in [2.75, 3.05) is 33.4 Å². The van der Waals surface area contributed by atoms with Gasteiger partial charge in [-0.1, -0.05) is 41.9 Å². The number of amides is 3. The van der Waals surface area contributed by atoms with Crippen molar-refractivity contribution in [3.8, 4) is 0 Å². The van der Waals surface area contributed by atoms with E-state index in [0.29, 0.717) is 69.1 Å². The number of ether oxygens (including phenoxy) is 1. The van der Waals surface area contributed by atoms with Crippen molar-refractivity contribution < 1.29 is 18.7 Å². The monoisotopic (exact) mass is 485 g/mol. The van der Waals surface area contributed by atoms with Crippen molar-refractivity contribution in [1.29, 1.82) is 0 Å². The molecule has 2 saturated heterocycles. The van der Waals surface area contributed by atoms with E-state index in [-0.39, 0.29) is 23.8 Å². The van der Waals surface area contributed by atoms with Gasteiger partial charge in [-0.25, -0.2) is 9.18 Å². The van der Waals surface area contributed by atoms with Crippen molar-refractivity contribution >= 4 is 23.5 Å². The lowest BCUT2D eigenvalue weighted by atomic mass is 9.85. The van der Waals surface area contributed by atoms with Gasteiger partial charge in [-0.05, 0) is 48.9 Å². The Morgan fingerprint density at radius 2 is 1.74 bits per heavy atom. The maximum atomic E-state index is 14.3. The Hall–Kier alpha value is -2.48. The van der Waals surface area contributed by atoms with Gasteiger partial charge in [-0.15, -0.1) is 0 Å². The average Bonchev–Trinajstić information content (AvgIpc) is 3.33. The molecule has 6 nitrogen and oxygen atoms in total. The lowest BCUT2D eigenvalue weighted by Crippen LogP contribution is -2.57. The van der Waals surface area contributed by atoms with Gasteiger partial charge in [0.05, 0.1) is 6.61 Å². The predicted molar refractivity (Wildman–Crippen MR) is 127 cm³/mol. The Labute approximate surface area is 204 Å². The second-order valence-corrected chi connectivity index (χ2v) is 9.85. The molecule has 0 radical (unpaired) electrons. The van der Waals surface area contributed by atoms with Gasteiger partial charge in [-0.3, -0.25) is 14.6 Å². The molecule has 2 heterocycles. The molecule has 0 saturated carbocycles. The molecule has 0 unspecified atom stereocenters. The number of hydrogen-bond acceptors (Lipinski definition) is 4. The van der Waals surface area contributed by atoms with Crippen LogP contribution in [0.15, 0.2) is 42.5 Å². The molecule has 0 N–H and O–H groups in total. The number of urea groups is 1. The molecule has 2 aromatic rings. The fourth-order valence-corrected chi connectivity index (χ4v) is 5.97. The molecule has 0 aromatic heterocycles. The van der Waals surface area contributed by atoms with Crippen LogP contribution < -0.4 is 0 Å². The topological polar surface area (TPSA) is 53.1 Å². The number of likely N-dealkylation sites (tertiary alicyclic amines) is 1. The zero-order chi connectivity index (χ0) is 23.9. The van der Waals surface area contributed by atoms with E-state index < -0.39 is 5.54 Å². The van der Waals surface area contributed by atoms with Crippen molar-refractivity contribution in [3.05, 3.63) is 70.0 Å². The number of carbonyl (C=O) groups is 2. The van der Waals surface area contributed by atoms with Crippen molar-refractivity contribution in [2.45, 2.75) is 43.8 Å². The van der Waals surface area contributed by atoms with Crippen LogP contribution in [0, 0.1) is 5.82 Å². The molecule has 5 rings (SSSR count). The van der Waals surface area contributed by atoms with Crippen LogP contribution in [0.2, 0.25) is 5.02 Å². The first-order valence-corrected chi connectivity index (χ1v) is 12.2. The van der Waals surface area contributed by atoms with E-state index in [2.05, 4.69) is 17.0 Å². The van der Waals surface area contributed by atoms with E-state index in [4.69, 9.17) is 16.3 Å². The molecular weight excluding hydrogens is 457 g/mol. The lowest BCUT2D eigenvalue weighted by Gasteiger charge is -2.42. The quantitative estimate of drug-likeness (QED) is 0.582. The lowest BCUT2D eigenvalue weighted by molar-refractivity contribution is -0.137. The molecule has 2 fully saturated rings. The molecule has 2 aliphatic heterocycles. The van der Waals surface area contributed by atoms with Gasteiger partial charge in [0, 0.05) is 49.9 Å². The molecular formula is C26H29ClFN3O3. The van der Waals surface area contributed by atoms with Gasteiger partial charge in [0.2, 0.25) is 0 Å². The Morgan fingerprint density at radius 1 is 1.06 bits per heavy atom. The van der Waals surface area contributed by atoms with E-state index in [1.165, 1.54) is 22.1 Å². The third kappa shape index (κ3) is 3.89.